The van der Waals surface area contributed by atoms with Gasteiger partial charge in [-0.3, -0.25) is 9.59 Å². The van der Waals surface area contributed by atoms with Crippen LogP contribution >= 0.6 is 11.3 Å². The van der Waals surface area contributed by atoms with Crippen molar-refractivity contribution >= 4 is 23.0 Å². The molecule has 0 aliphatic heterocycles. The van der Waals surface area contributed by atoms with Gasteiger partial charge in [0, 0.05) is 31.4 Å². The Morgan fingerprint density at radius 2 is 2.30 bits per heavy atom. The fourth-order valence-corrected chi connectivity index (χ4v) is 3.51. The molecule has 0 aromatic carbocycles. The third kappa shape index (κ3) is 3.38. The first-order chi connectivity index (χ1) is 11.2. The van der Waals surface area contributed by atoms with Crippen LogP contribution in [0, 0.1) is 0 Å². The topological polar surface area (TPSA) is 59.8 Å². The van der Waals surface area contributed by atoms with E-state index in [1.807, 2.05) is 17.5 Å². The first kappa shape index (κ1) is 16.0. The molecule has 2 aromatic rings. The van der Waals surface area contributed by atoms with Crippen molar-refractivity contribution in [3.8, 4) is 0 Å². The molecule has 0 bridgehead atoms. The van der Waals surface area contributed by atoms with E-state index in [-0.39, 0.29) is 11.7 Å². The van der Waals surface area contributed by atoms with Crippen molar-refractivity contribution in [1.29, 1.82) is 0 Å². The van der Waals surface area contributed by atoms with Gasteiger partial charge >= 0.3 is 0 Å². The molecule has 0 N–H and O–H groups in total. The summed E-state index contributed by atoms with van der Waals surface area (Å²) in [7, 11) is 1.61. The Morgan fingerprint density at radius 3 is 3.04 bits per heavy atom. The van der Waals surface area contributed by atoms with Gasteiger partial charge in [0.15, 0.2) is 5.78 Å². The number of carbonyl (C=O) groups excluding carboxylic acids is 2. The van der Waals surface area contributed by atoms with E-state index in [2.05, 4.69) is 0 Å². The van der Waals surface area contributed by atoms with Crippen molar-refractivity contribution in [2.45, 2.75) is 25.8 Å². The average Bonchev–Trinajstić information content (AvgIpc) is 3.20. The number of thiophene rings is 1. The third-order valence-corrected chi connectivity index (χ3v) is 4.82. The van der Waals surface area contributed by atoms with Crippen LogP contribution in [0.1, 0.15) is 44.2 Å². The van der Waals surface area contributed by atoms with Crippen molar-refractivity contribution in [1.82, 2.24) is 4.90 Å². The Hall–Kier alpha value is -1.92. The summed E-state index contributed by atoms with van der Waals surface area (Å²) < 4.78 is 10.6. The lowest BCUT2D eigenvalue weighted by Crippen LogP contribution is -2.34. The molecule has 2 aromatic heterocycles. The van der Waals surface area contributed by atoms with Crippen LogP contribution in [0.2, 0.25) is 0 Å². The summed E-state index contributed by atoms with van der Waals surface area (Å²) in [6.45, 7) is 1.43. The number of ether oxygens (including phenoxy) is 1. The van der Waals surface area contributed by atoms with Gasteiger partial charge < -0.3 is 14.1 Å². The largest absolute Gasteiger partial charge is 0.468 e. The number of nitrogens with zero attached hydrogens (tertiary/aromatic N) is 1. The minimum absolute atomic E-state index is 0.00571. The number of Topliss-reactive ketones (excluding diaryl/α,β-unsaturated/α-hetero) is 1. The summed E-state index contributed by atoms with van der Waals surface area (Å²) in [4.78, 5) is 27.9. The van der Waals surface area contributed by atoms with Gasteiger partial charge in [0.25, 0.3) is 5.91 Å². The van der Waals surface area contributed by atoms with Crippen LogP contribution in [0.3, 0.4) is 0 Å². The van der Waals surface area contributed by atoms with Crippen molar-refractivity contribution < 1.29 is 18.7 Å². The number of carbonyl (C=O) groups is 2. The van der Waals surface area contributed by atoms with Gasteiger partial charge in [-0.25, -0.2) is 0 Å². The highest BCUT2D eigenvalue weighted by Crippen LogP contribution is 2.27. The van der Waals surface area contributed by atoms with Crippen molar-refractivity contribution in [2.75, 3.05) is 20.3 Å². The quantitative estimate of drug-likeness (QED) is 0.815. The highest BCUT2D eigenvalue weighted by atomic mass is 32.1. The second-order valence-electron chi connectivity index (χ2n) is 5.52. The monoisotopic (exact) mass is 333 g/mol. The van der Waals surface area contributed by atoms with Gasteiger partial charge in [-0.1, -0.05) is 6.07 Å². The molecule has 0 saturated carbocycles. The Balaban J connectivity index is 1.85. The summed E-state index contributed by atoms with van der Waals surface area (Å²) in [6.07, 6.45) is 3.42. The predicted octanol–water partition coefficient (Wildman–Crippen LogP) is 3.15. The summed E-state index contributed by atoms with van der Waals surface area (Å²) in [6, 6.07) is 3.95. The molecule has 0 spiro atoms. The Labute approximate surface area is 138 Å². The number of furan rings is 1. The normalized spacial score (nSPS) is 13.9. The Bertz CT molecular complexity index is 690. The van der Waals surface area contributed by atoms with E-state index < -0.39 is 0 Å². The van der Waals surface area contributed by atoms with Crippen molar-refractivity contribution in [3.05, 3.63) is 45.5 Å². The number of aryl methyl sites for hydroxylation is 1. The van der Waals surface area contributed by atoms with Gasteiger partial charge in [0.1, 0.15) is 12.0 Å². The van der Waals surface area contributed by atoms with E-state index >= 15 is 0 Å². The number of fused-ring (bicyclic) bond motifs is 1. The number of hydrogen-bond donors (Lipinski definition) is 0. The van der Waals surface area contributed by atoms with Gasteiger partial charge in [-0.05, 0) is 17.9 Å². The maximum absolute atomic E-state index is 12.9. The molecule has 122 valence electrons. The first-order valence-corrected chi connectivity index (χ1v) is 8.53. The summed E-state index contributed by atoms with van der Waals surface area (Å²) in [5, 5.41) is 1.98. The van der Waals surface area contributed by atoms with E-state index in [9.17, 15) is 9.59 Å². The highest BCUT2D eigenvalue weighted by Gasteiger charge is 2.30. The standard InChI is InChI=1S/C17H19NO4S/c1-21-8-7-18(10-12-4-3-9-23-12)17(20)13-11-22-15-6-2-5-14(19)16(13)15/h3-4,9,11H,2,5-8,10H2,1H3. The maximum Gasteiger partial charge on any atom is 0.258 e. The lowest BCUT2D eigenvalue weighted by molar-refractivity contribution is 0.0678. The first-order valence-electron chi connectivity index (χ1n) is 7.65. The predicted molar refractivity (Wildman–Crippen MR) is 86.9 cm³/mol. The molecule has 0 fully saturated rings. The molecular formula is C17H19NO4S. The van der Waals surface area contributed by atoms with Gasteiger partial charge in [0.2, 0.25) is 0 Å². The molecule has 0 radical (unpaired) electrons. The van der Waals surface area contributed by atoms with Crippen molar-refractivity contribution in [2.24, 2.45) is 0 Å². The van der Waals surface area contributed by atoms with Crippen LogP contribution in [0.25, 0.3) is 0 Å². The fourth-order valence-electron chi connectivity index (χ4n) is 2.79. The van der Waals surface area contributed by atoms with Gasteiger partial charge in [-0.2, -0.15) is 0 Å². The molecule has 1 amide bonds. The molecule has 0 saturated heterocycles. The lowest BCUT2D eigenvalue weighted by atomic mass is 9.94. The Morgan fingerprint density at radius 1 is 1.43 bits per heavy atom. The molecule has 0 atom stereocenters. The number of amides is 1. The number of rotatable bonds is 6. The zero-order chi connectivity index (χ0) is 16.2. The van der Waals surface area contributed by atoms with Crippen LogP contribution in [-0.2, 0) is 17.7 Å². The van der Waals surface area contributed by atoms with E-state index in [0.717, 1.165) is 17.7 Å². The molecule has 3 rings (SSSR count). The molecule has 1 aliphatic rings. The average molecular weight is 333 g/mol. The van der Waals surface area contributed by atoms with Crippen LogP contribution < -0.4 is 0 Å². The SMILES string of the molecule is COCCN(Cc1cccs1)C(=O)c1coc2c1C(=O)CCC2. The minimum Gasteiger partial charge on any atom is -0.468 e. The molecular weight excluding hydrogens is 314 g/mol. The molecule has 1 aliphatic carbocycles. The molecule has 0 unspecified atom stereocenters. The van der Waals surface area contributed by atoms with Crippen molar-refractivity contribution in [3.63, 3.8) is 0 Å². The summed E-state index contributed by atoms with van der Waals surface area (Å²) in [5.41, 5.74) is 0.868. The molecule has 5 nitrogen and oxygen atoms in total. The van der Waals surface area contributed by atoms with Crippen LogP contribution in [-0.4, -0.2) is 36.9 Å². The summed E-state index contributed by atoms with van der Waals surface area (Å²) in [5.74, 6) is 0.481. The van der Waals surface area contributed by atoms with E-state index in [4.69, 9.17) is 9.15 Å². The van der Waals surface area contributed by atoms with Gasteiger partial charge in [0.05, 0.1) is 24.3 Å². The maximum atomic E-state index is 12.9. The molecule has 6 heteroatoms. The molecule has 23 heavy (non-hydrogen) atoms. The van der Waals surface area contributed by atoms with Crippen LogP contribution in [0.4, 0.5) is 0 Å². The Kier molecular flexibility index (Phi) is 4.93. The third-order valence-electron chi connectivity index (χ3n) is 3.96. The minimum atomic E-state index is -0.171. The zero-order valence-corrected chi connectivity index (χ0v) is 13.9. The fraction of sp³-hybridized carbons (Fsp3) is 0.412. The zero-order valence-electron chi connectivity index (χ0n) is 13.0. The second-order valence-corrected chi connectivity index (χ2v) is 6.56. The number of methoxy groups -OCH3 is 1. The smallest absolute Gasteiger partial charge is 0.258 e. The number of hydrogen-bond acceptors (Lipinski definition) is 5. The van der Waals surface area contributed by atoms with Gasteiger partial charge in [-0.15, -0.1) is 11.3 Å². The molecule has 2 heterocycles. The second kappa shape index (κ2) is 7.10. The number of ketones is 1. The van der Waals surface area contributed by atoms with Crippen LogP contribution in [0.5, 0.6) is 0 Å². The van der Waals surface area contributed by atoms with E-state index in [1.54, 1.807) is 23.3 Å². The lowest BCUT2D eigenvalue weighted by Gasteiger charge is -2.22. The van der Waals surface area contributed by atoms with Crippen LogP contribution in [0.15, 0.2) is 28.2 Å². The summed E-state index contributed by atoms with van der Waals surface area (Å²) >= 11 is 1.60. The van der Waals surface area contributed by atoms with E-state index in [1.165, 1.54) is 6.26 Å². The van der Waals surface area contributed by atoms with E-state index in [0.29, 0.717) is 43.0 Å². The highest BCUT2D eigenvalue weighted by molar-refractivity contribution is 7.09.